The van der Waals surface area contributed by atoms with Crippen LogP contribution in [-0.4, -0.2) is 0 Å². The SMILES string of the molecule is C.C.CC1CCCCC1.CCCC(C)CC. The maximum absolute atomic E-state index is 2.36. The molecule has 0 spiro atoms. The van der Waals surface area contributed by atoms with Crippen molar-refractivity contribution in [2.45, 2.75) is 93.9 Å². The third-order valence-electron chi connectivity index (χ3n) is 3.37. The molecular weight excluding hydrogens is 192 g/mol. The number of hydrogen-bond acceptors (Lipinski definition) is 0. The Labute approximate surface area is 106 Å². The lowest BCUT2D eigenvalue weighted by atomic mass is 9.91. The number of rotatable bonds is 3. The van der Waals surface area contributed by atoms with Crippen molar-refractivity contribution < 1.29 is 0 Å². The van der Waals surface area contributed by atoms with Crippen molar-refractivity contribution in [3.05, 3.63) is 0 Å². The summed E-state index contributed by atoms with van der Waals surface area (Å²) in [5, 5.41) is 0. The van der Waals surface area contributed by atoms with Gasteiger partial charge in [0.15, 0.2) is 0 Å². The molecule has 0 radical (unpaired) electrons. The van der Waals surface area contributed by atoms with Gasteiger partial charge in [-0.3, -0.25) is 0 Å². The third kappa shape index (κ3) is 14.0. The Morgan fingerprint density at radius 1 is 1.00 bits per heavy atom. The zero-order chi connectivity index (χ0) is 10.8. The van der Waals surface area contributed by atoms with E-state index in [1.54, 1.807) is 0 Å². The van der Waals surface area contributed by atoms with E-state index in [2.05, 4.69) is 27.7 Å². The van der Waals surface area contributed by atoms with Crippen LogP contribution >= 0.6 is 0 Å². The van der Waals surface area contributed by atoms with Gasteiger partial charge in [0.05, 0.1) is 0 Å². The Morgan fingerprint density at radius 3 is 1.69 bits per heavy atom. The lowest BCUT2D eigenvalue weighted by Gasteiger charge is -2.15. The Balaban J connectivity index is -0.000000188. The van der Waals surface area contributed by atoms with Crippen molar-refractivity contribution in [1.82, 2.24) is 0 Å². The van der Waals surface area contributed by atoms with Crippen LogP contribution in [0.15, 0.2) is 0 Å². The molecule has 0 aromatic rings. The molecule has 102 valence electrons. The molecule has 1 unspecified atom stereocenters. The second-order valence-corrected chi connectivity index (χ2v) is 5.05. The first-order chi connectivity index (χ1) is 6.70. The van der Waals surface area contributed by atoms with Gasteiger partial charge in [0.2, 0.25) is 0 Å². The Hall–Kier alpha value is 0. The molecule has 0 amide bonds. The lowest BCUT2D eigenvalue weighted by Crippen LogP contribution is -1.99. The highest BCUT2D eigenvalue weighted by molar-refractivity contribution is 4.59. The topological polar surface area (TPSA) is 0 Å². The maximum atomic E-state index is 2.36. The van der Waals surface area contributed by atoms with Gasteiger partial charge in [0.25, 0.3) is 0 Å². The first-order valence-corrected chi connectivity index (χ1v) is 6.70. The van der Waals surface area contributed by atoms with Crippen molar-refractivity contribution in [2.75, 3.05) is 0 Å². The molecule has 1 fully saturated rings. The highest BCUT2D eigenvalue weighted by atomic mass is 14.1. The molecule has 0 aromatic heterocycles. The molecule has 16 heavy (non-hydrogen) atoms. The second-order valence-electron chi connectivity index (χ2n) is 5.05. The van der Waals surface area contributed by atoms with E-state index in [4.69, 9.17) is 0 Å². The van der Waals surface area contributed by atoms with Crippen LogP contribution in [0.25, 0.3) is 0 Å². The van der Waals surface area contributed by atoms with E-state index in [1.165, 1.54) is 51.4 Å². The molecule has 1 aliphatic carbocycles. The van der Waals surface area contributed by atoms with E-state index in [1.807, 2.05) is 0 Å². The van der Waals surface area contributed by atoms with Crippen molar-refractivity contribution >= 4 is 0 Å². The summed E-state index contributed by atoms with van der Waals surface area (Å²) < 4.78 is 0. The molecule has 0 bridgehead atoms. The largest absolute Gasteiger partial charge is 0.0776 e. The average molecular weight is 230 g/mol. The zero-order valence-corrected chi connectivity index (χ0v) is 10.8. The monoisotopic (exact) mass is 230 g/mol. The maximum Gasteiger partial charge on any atom is -0.0443 e. The van der Waals surface area contributed by atoms with E-state index in [0.717, 1.165) is 11.8 Å². The summed E-state index contributed by atoms with van der Waals surface area (Å²) in [4.78, 5) is 0. The normalized spacial score (nSPS) is 17.2. The quantitative estimate of drug-likeness (QED) is 0.506. The van der Waals surface area contributed by atoms with Crippen LogP contribution in [0.3, 0.4) is 0 Å². The molecule has 1 atom stereocenters. The van der Waals surface area contributed by atoms with Crippen LogP contribution in [-0.2, 0) is 0 Å². The first kappa shape index (κ1) is 21.3. The van der Waals surface area contributed by atoms with Gasteiger partial charge < -0.3 is 0 Å². The van der Waals surface area contributed by atoms with E-state index >= 15 is 0 Å². The van der Waals surface area contributed by atoms with Crippen LogP contribution in [0.4, 0.5) is 0 Å². The standard InChI is InChI=1S/C7H14.C7H16.2CH4/c1-7-5-3-2-4-6-7;1-4-6-7(3)5-2;;/h7H,2-6H2,1H3;7H,4-6H2,1-3H3;2*1H4. The number of hydrogen-bond donors (Lipinski definition) is 0. The predicted molar refractivity (Wildman–Crippen MR) is 80.1 cm³/mol. The minimum atomic E-state index is 0. The molecule has 0 heterocycles. The van der Waals surface area contributed by atoms with Gasteiger partial charge >= 0.3 is 0 Å². The fraction of sp³-hybridized carbons (Fsp3) is 1.00. The zero-order valence-electron chi connectivity index (χ0n) is 10.8. The molecule has 0 aliphatic heterocycles. The molecule has 0 saturated heterocycles. The molecular formula is C16H38. The van der Waals surface area contributed by atoms with Gasteiger partial charge in [-0.15, -0.1) is 0 Å². The van der Waals surface area contributed by atoms with Crippen LogP contribution in [0, 0.1) is 11.8 Å². The summed E-state index contributed by atoms with van der Waals surface area (Å²) >= 11 is 0. The second kappa shape index (κ2) is 15.0. The molecule has 0 N–H and O–H groups in total. The first-order valence-electron chi connectivity index (χ1n) is 6.70. The average Bonchev–Trinajstić information content (AvgIpc) is 2.20. The Kier molecular flexibility index (Phi) is 20.0. The Bertz CT molecular complexity index is 97.9. The minimum absolute atomic E-state index is 0. The summed E-state index contributed by atoms with van der Waals surface area (Å²) in [5.74, 6) is 1.98. The summed E-state index contributed by atoms with van der Waals surface area (Å²) in [6.07, 6.45) is 11.5. The van der Waals surface area contributed by atoms with Gasteiger partial charge in [-0.05, 0) is 11.8 Å². The van der Waals surface area contributed by atoms with Crippen LogP contribution in [0.5, 0.6) is 0 Å². The smallest absolute Gasteiger partial charge is 0.0443 e. The van der Waals surface area contributed by atoms with Gasteiger partial charge in [0.1, 0.15) is 0 Å². The van der Waals surface area contributed by atoms with Crippen molar-refractivity contribution in [2.24, 2.45) is 11.8 Å². The van der Waals surface area contributed by atoms with Gasteiger partial charge in [-0.2, -0.15) is 0 Å². The minimum Gasteiger partial charge on any atom is -0.0776 e. The summed E-state index contributed by atoms with van der Waals surface area (Å²) in [5.41, 5.74) is 0. The van der Waals surface area contributed by atoms with Crippen LogP contribution in [0.2, 0.25) is 0 Å². The van der Waals surface area contributed by atoms with E-state index < -0.39 is 0 Å². The summed E-state index contributed by atoms with van der Waals surface area (Å²) in [6, 6.07) is 0. The van der Waals surface area contributed by atoms with Crippen molar-refractivity contribution in [1.29, 1.82) is 0 Å². The van der Waals surface area contributed by atoms with E-state index in [-0.39, 0.29) is 14.9 Å². The molecule has 0 nitrogen and oxygen atoms in total. The van der Waals surface area contributed by atoms with E-state index in [0.29, 0.717) is 0 Å². The van der Waals surface area contributed by atoms with Gasteiger partial charge in [-0.25, -0.2) is 0 Å². The van der Waals surface area contributed by atoms with Crippen LogP contribution in [0.1, 0.15) is 93.9 Å². The fourth-order valence-electron chi connectivity index (χ4n) is 2.00. The highest BCUT2D eigenvalue weighted by Gasteiger charge is 2.05. The van der Waals surface area contributed by atoms with Gasteiger partial charge in [-0.1, -0.05) is 93.9 Å². The Morgan fingerprint density at radius 2 is 1.50 bits per heavy atom. The lowest BCUT2D eigenvalue weighted by molar-refractivity contribution is 0.385. The summed E-state index contributed by atoms with van der Waals surface area (Å²) in [7, 11) is 0. The van der Waals surface area contributed by atoms with Crippen molar-refractivity contribution in [3.63, 3.8) is 0 Å². The van der Waals surface area contributed by atoms with Crippen molar-refractivity contribution in [3.8, 4) is 0 Å². The molecule has 1 saturated carbocycles. The fourth-order valence-corrected chi connectivity index (χ4v) is 2.00. The van der Waals surface area contributed by atoms with Gasteiger partial charge in [0, 0.05) is 0 Å². The molecule has 0 aromatic carbocycles. The van der Waals surface area contributed by atoms with E-state index in [9.17, 15) is 0 Å². The molecule has 0 heteroatoms. The summed E-state index contributed by atoms with van der Waals surface area (Å²) in [6.45, 7) is 9.16. The predicted octanol–water partition coefficient (Wildman–Crippen LogP) is 6.69. The molecule has 1 rings (SSSR count). The van der Waals surface area contributed by atoms with Crippen LogP contribution < -0.4 is 0 Å². The molecule has 1 aliphatic rings. The highest BCUT2D eigenvalue weighted by Crippen LogP contribution is 2.22. The third-order valence-corrected chi connectivity index (χ3v) is 3.37.